The van der Waals surface area contributed by atoms with E-state index in [4.69, 9.17) is 9.47 Å². The van der Waals surface area contributed by atoms with Crippen LogP contribution in [-0.4, -0.2) is 30.1 Å². The lowest BCUT2D eigenvalue weighted by atomic mass is 9.46. The van der Waals surface area contributed by atoms with Crippen LogP contribution in [0.4, 0.5) is 0 Å². The summed E-state index contributed by atoms with van der Waals surface area (Å²) >= 11 is 0. The van der Waals surface area contributed by atoms with Crippen LogP contribution in [0, 0.1) is 22.7 Å². The number of allylic oxidation sites excluding steroid dienone is 4. The van der Waals surface area contributed by atoms with Crippen molar-refractivity contribution in [3.63, 3.8) is 0 Å². The van der Waals surface area contributed by atoms with Gasteiger partial charge in [-0.3, -0.25) is 9.59 Å². The third-order valence-electron chi connectivity index (χ3n) is 9.59. The number of hydrogen-bond donors (Lipinski definition) is 0. The van der Waals surface area contributed by atoms with Crippen molar-refractivity contribution in [2.75, 3.05) is 6.61 Å². The highest BCUT2D eigenvalue weighted by atomic mass is 16.6. The summed E-state index contributed by atoms with van der Waals surface area (Å²) in [5, 5.41) is 0. The van der Waals surface area contributed by atoms with Gasteiger partial charge in [-0.15, -0.1) is 0 Å². The van der Waals surface area contributed by atoms with Crippen LogP contribution in [0.15, 0.2) is 24.3 Å². The van der Waals surface area contributed by atoms with E-state index in [-0.39, 0.29) is 40.5 Å². The van der Waals surface area contributed by atoms with Crippen LogP contribution in [0.5, 0.6) is 0 Å². The first-order valence-corrected chi connectivity index (χ1v) is 15.3. The lowest BCUT2D eigenvalue weighted by Crippen LogP contribution is -2.60. The zero-order chi connectivity index (χ0) is 26.9. The van der Waals surface area contributed by atoms with Gasteiger partial charge < -0.3 is 9.47 Å². The molecular formula is C33H54O4. The maximum atomic E-state index is 13.2. The van der Waals surface area contributed by atoms with Crippen molar-refractivity contribution >= 4 is 11.8 Å². The first kappa shape index (κ1) is 30.1. The standard InChI is InChI=1S/C33H54O4/c1-6-7-8-9-10-11-12-13-14-15-16-17-18-19-20-22-27(34)36-25-26-32(4)24-21-23-31(2,3)29(32)28(35)30-33(26,5)37-30/h10-11,13-14,26,29-30H,6-9,12,15-25H2,1-5H3/t26-,29?,30+,32-,33-/m1/s1. The van der Waals surface area contributed by atoms with Gasteiger partial charge in [-0.25, -0.2) is 0 Å². The van der Waals surface area contributed by atoms with E-state index >= 15 is 0 Å². The molecule has 0 amide bonds. The van der Waals surface area contributed by atoms with Crippen LogP contribution >= 0.6 is 0 Å². The lowest BCUT2D eigenvalue weighted by molar-refractivity contribution is -0.158. The molecule has 3 rings (SSSR count). The minimum absolute atomic E-state index is 0.0140. The van der Waals surface area contributed by atoms with Gasteiger partial charge in [0.25, 0.3) is 0 Å². The minimum Gasteiger partial charge on any atom is -0.465 e. The Labute approximate surface area is 227 Å². The second-order valence-electron chi connectivity index (χ2n) is 13.1. The summed E-state index contributed by atoms with van der Waals surface area (Å²) in [5.41, 5.74) is -0.657. The van der Waals surface area contributed by atoms with Crippen LogP contribution in [0.2, 0.25) is 0 Å². The highest BCUT2D eigenvalue weighted by Crippen LogP contribution is 2.66. The van der Waals surface area contributed by atoms with Crippen LogP contribution in [0.3, 0.4) is 0 Å². The lowest BCUT2D eigenvalue weighted by Gasteiger charge is -2.56. The van der Waals surface area contributed by atoms with Gasteiger partial charge in [-0.2, -0.15) is 0 Å². The molecule has 4 nitrogen and oxygen atoms in total. The van der Waals surface area contributed by atoms with Gasteiger partial charge in [0, 0.05) is 18.3 Å². The van der Waals surface area contributed by atoms with E-state index in [9.17, 15) is 9.59 Å². The number of esters is 1. The van der Waals surface area contributed by atoms with E-state index in [2.05, 4.69) is 58.9 Å². The molecule has 1 unspecified atom stereocenters. The summed E-state index contributed by atoms with van der Waals surface area (Å²) in [6, 6.07) is 0. The van der Waals surface area contributed by atoms with Crippen molar-refractivity contribution in [3.05, 3.63) is 24.3 Å². The number of rotatable bonds is 16. The van der Waals surface area contributed by atoms with Crippen molar-refractivity contribution in [2.45, 2.75) is 143 Å². The van der Waals surface area contributed by atoms with Gasteiger partial charge >= 0.3 is 5.97 Å². The molecule has 0 radical (unpaired) electrons. The first-order valence-electron chi connectivity index (χ1n) is 15.3. The smallest absolute Gasteiger partial charge is 0.305 e. The Kier molecular flexibility index (Phi) is 11.1. The molecule has 0 N–H and O–H groups in total. The molecule has 1 saturated heterocycles. The Morgan fingerprint density at radius 1 is 0.919 bits per heavy atom. The molecule has 1 heterocycles. The van der Waals surface area contributed by atoms with Crippen LogP contribution < -0.4 is 0 Å². The van der Waals surface area contributed by atoms with Crippen molar-refractivity contribution in [3.8, 4) is 0 Å². The Balaban J connectivity index is 1.28. The van der Waals surface area contributed by atoms with Crippen LogP contribution in [-0.2, 0) is 19.1 Å². The molecule has 3 fully saturated rings. The van der Waals surface area contributed by atoms with E-state index in [1.54, 1.807) is 0 Å². The number of carbonyl (C=O) groups excluding carboxylic acids is 2. The van der Waals surface area contributed by atoms with Gasteiger partial charge in [0.2, 0.25) is 0 Å². The predicted octanol–water partition coefficient (Wildman–Crippen LogP) is 8.53. The third-order valence-corrected chi connectivity index (χ3v) is 9.59. The normalized spacial score (nSPS) is 32.5. The molecule has 0 aromatic rings. The van der Waals surface area contributed by atoms with Gasteiger partial charge in [0.05, 0.1) is 6.61 Å². The molecule has 1 aliphatic heterocycles. The Morgan fingerprint density at radius 3 is 2.27 bits per heavy atom. The fraction of sp³-hybridized carbons (Fsp3) is 0.818. The molecule has 4 heteroatoms. The molecule has 2 saturated carbocycles. The number of fused-ring (bicyclic) bond motifs is 2. The maximum absolute atomic E-state index is 13.2. The minimum atomic E-state index is -0.463. The second-order valence-corrected chi connectivity index (χ2v) is 13.1. The second kappa shape index (κ2) is 13.6. The molecule has 5 atom stereocenters. The van der Waals surface area contributed by atoms with Gasteiger partial charge in [-0.1, -0.05) is 90.5 Å². The first-order chi connectivity index (χ1) is 17.7. The molecule has 0 aromatic heterocycles. The maximum Gasteiger partial charge on any atom is 0.305 e. The summed E-state index contributed by atoms with van der Waals surface area (Å²) < 4.78 is 11.9. The zero-order valence-electron chi connectivity index (χ0n) is 24.5. The van der Waals surface area contributed by atoms with Gasteiger partial charge in [0.15, 0.2) is 5.78 Å². The molecule has 3 aliphatic rings. The predicted molar refractivity (Wildman–Crippen MR) is 151 cm³/mol. The molecule has 2 aliphatic carbocycles. The SMILES string of the molecule is CCCCCC=CCC=CCCCCCCCC(=O)OC[C@H]1[C@@]2(C)O[C@H]2C(=O)C2C(C)(C)CCC[C@@]21C. The Hall–Kier alpha value is -1.42. The number of unbranched alkanes of at least 4 members (excludes halogenated alkanes) is 8. The van der Waals surface area contributed by atoms with Gasteiger partial charge in [0.1, 0.15) is 11.7 Å². The third kappa shape index (κ3) is 7.58. The number of Topliss-reactive ketones (excluding diaryl/α,β-unsaturated/α-hetero) is 1. The Bertz CT molecular complexity index is 811. The van der Waals surface area contributed by atoms with Crippen molar-refractivity contribution in [2.24, 2.45) is 22.7 Å². The number of carbonyl (C=O) groups is 2. The Morgan fingerprint density at radius 2 is 1.57 bits per heavy atom. The number of epoxide rings is 1. The van der Waals surface area contributed by atoms with Gasteiger partial charge in [-0.05, 0) is 69.1 Å². The summed E-state index contributed by atoms with van der Waals surface area (Å²) in [6.07, 6.45) is 25.5. The molecule has 0 aromatic carbocycles. The van der Waals surface area contributed by atoms with E-state index in [1.807, 2.05) is 0 Å². The zero-order valence-corrected chi connectivity index (χ0v) is 24.5. The van der Waals surface area contributed by atoms with Crippen LogP contribution in [0.25, 0.3) is 0 Å². The number of ketones is 1. The van der Waals surface area contributed by atoms with E-state index in [1.165, 1.54) is 44.9 Å². The summed E-state index contributed by atoms with van der Waals surface area (Å²) in [4.78, 5) is 25.8. The van der Waals surface area contributed by atoms with Crippen LogP contribution in [0.1, 0.15) is 131 Å². The fourth-order valence-electron chi connectivity index (χ4n) is 7.51. The summed E-state index contributed by atoms with van der Waals surface area (Å²) in [7, 11) is 0. The highest BCUT2D eigenvalue weighted by Gasteiger charge is 2.74. The quantitative estimate of drug-likeness (QED) is 0.0896. The molecule has 0 bridgehead atoms. The largest absolute Gasteiger partial charge is 0.465 e. The van der Waals surface area contributed by atoms with E-state index in [0.717, 1.165) is 44.9 Å². The molecule has 210 valence electrons. The number of ether oxygens (including phenoxy) is 2. The summed E-state index contributed by atoms with van der Waals surface area (Å²) in [6.45, 7) is 11.4. The van der Waals surface area contributed by atoms with E-state index in [0.29, 0.717) is 13.0 Å². The monoisotopic (exact) mass is 514 g/mol. The molecule has 37 heavy (non-hydrogen) atoms. The molecule has 0 spiro atoms. The van der Waals surface area contributed by atoms with Crippen molar-refractivity contribution in [1.82, 2.24) is 0 Å². The summed E-state index contributed by atoms with van der Waals surface area (Å²) in [5.74, 6) is 0.252. The average molecular weight is 515 g/mol. The average Bonchev–Trinajstić information content (AvgIpc) is 3.53. The van der Waals surface area contributed by atoms with Crippen molar-refractivity contribution < 1.29 is 19.1 Å². The number of hydrogen-bond acceptors (Lipinski definition) is 4. The highest BCUT2D eigenvalue weighted by molar-refractivity contribution is 5.92. The molecular weight excluding hydrogens is 460 g/mol. The topological polar surface area (TPSA) is 55.9 Å². The fourth-order valence-corrected chi connectivity index (χ4v) is 7.51. The van der Waals surface area contributed by atoms with E-state index < -0.39 is 5.60 Å². The van der Waals surface area contributed by atoms with Crippen molar-refractivity contribution in [1.29, 1.82) is 0 Å².